The molecule has 0 spiro atoms. The first kappa shape index (κ1) is 16.5. The Morgan fingerprint density at radius 2 is 2.00 bits per heavy atom. The first-order chi connectivity index (χ1) is 8.37. The van der Waals surface area contributed by atoms with Crippen molar-refractivity contribution in [2.45, 2.75) is 52.1 Å². The molecule has 2 rings (SSSR count). The molecule has 0 unspecified atom stereocenters. The summed E-state index contributed by atoms with van der Waals surface area (Å²) >= 11 is 0. The molecule has 1 heterocycles. The van der Waals surface area contributed by atoms with Gasteiger partial charge in [-0.3, -0.25) is 4.90 Å². The Bertz CT molecular complexity index is 421. The first-order valence-electron chi connectivity index (χ1n) is 6.99. The van der Waals surface area contributed by atoms with Gasteiger partial charge in [-0.15, -0.1) is 12.4 Å². The average molecular weight is 283 g/mol. The Hall–Kier alpha value is -0.570. The van der Waals surface area contributed by atoms with Gasteiger partial charge in [0.1, 0.15) is 0 Å². The lowest BCUT2D eigenvalue weighted by atomic mass is 9.88. The Morgan fingerprint density at radius 1 is 1.32 bits per heavy atom. The SMILES string of the molecule is CC(C)c1cccc2c1CCN(CC(C)(C)N)C2.Cl. The van der Waals surface area contributed by atoms with Crippen LogP contribution in [0.1, 0.15) is 50.3 Å². The first-order valence-corrected chi connectivity index (χ1v) is 6.99. The van der Waals surface area contributed by atoms with Gasteiger partial charge in [-0.05, 0) is 42.9 Å². The lowest BCUT2D eigenvalue weighted by Crippen LogP contribution is -2.46. The van der Waals surface area contributed by atoms with Crippen molar-refractivity contribution in [3.05, 3.63) is 34.9 Å². The third kappa shape index (κ3) is 4.20. The number of hydrogen-bond donors (Lipinski definition) is 1. The second-order valence-electron chi connectivity index (χ2n) is 6.59. The molecule has 0 amide bonds. The summed E-state index contributed by atoms with van der Waals surface area (Å²) in [6.45, 7) is 11.9. The predicted molar refractivity (Wildman–Crippen MR) is 85.0 cm³/mol. The van der Waals surface area contributed by atoms with Crippen LogP contribution in [-0.2, 0) is 13.0 Å². The maximum Gasteiger partial charge on any atom is 0.0237 e. The Kier molecular flexibility index (Phi) is 5.43. The van der Waals surface area contributed by atoms with Crippen LogP contribution in [0.15, 0.2) is 18.2 Å². The van der Waals surface area contributed by atoms with Crippen LogP contribution in [0.2, 0.25) is 0 Å². The number of nitrogens with zero attached hydrogens (tertiary/aromatic N) is 1. The van der Waals surface area contributed by atoms with Crippen LogP contribution in [0.3, 0.4) is 0 Å². The van der Waals surface area contributed by atoms with Gasteiger partial charge in [0.25, 0.3) is 0 Å². The van der Waals surface area contributed by atoms with Crippen LogP contribution < -0.4 is 5.73 Å². The lowest BCUT2D eigenvalue weighted by Gasteiger charge is -2.34. The summed E-state index contributed by atoms with van der Waals surface area (Å²) in [5, 5.41) is 0. The molecule has 1 aromatic carbocycles. The lowest BCUT2D eigenvalue weighted by molar-refractivity contribution is 0.209. The van der Waals surface area contributed by atoms with E-state index in [1.807, 2.05) is 0 Å². The van der Waals surface area contributed by atoms with Crippen LogP contribution in [-0.4, -0.2) is 23.5 Å². The minimum atomic E-state index is -0.104. The van der Waals surface area contributed by atoms with Gasteiger partial charge in [0.2, 0.25) is 0 Å². The van der Waals surface area contributed by atoms with E-state index >= 15 is 0 Å². The van der Waals surface area contributed by atoms with Gasteiger partial charge in [0.15, 0.2) is 0 Å². The van der Waals surface area contributed by atoms with Crippen molar-refractivity contribution in [3.8, 4) is 0 Å². The zero-order chi connectivity index (χ0) is 13.3. The van der Waals surface area contributed by atoms with Gasteiger partial charge >= 0.3 is 0 Å². The molecule has 19 heavy (non-hydrogen) atoms. The topological polar surface area (TPSA) is 29.3 Å². The smallest absolute Gasteiger partial charge is 0.0237 e. The summed E-state index contributed by atoms with van der Waals surface area (Å²) in [4.78, 5) is 2.48. The van der Waals surface area contributed by atoms with Gasteiger partial charge in [-0.2, -0.15) is 0 Å². The van der Waals surface area contributed by atoms with Crippen molar-refractivity contribution in [3.63, 3.8) is 0 Å². The molecule has 1 aliphatic rings. The van der Waals surface area contributed by atoms with E-state index in [0.717, 1.165) is 19.6 Å². The molecule has 0 atom stereocenters. The molecular weight excluding hydrogens is 256 g/mol. The highest BCUT2D eigenvalue weighted by Crippen LogP contribution is 2.27. The van der Waals surface area contributed by atoms with E-state index in [4.69, 9.17) is 5.73 Å². The number of hydrogen-bond acceptors (Lipinski definition) is 2. The van der Waals surface area contributed by atoms with E-state index in [-0.39, 0.29) is 17.9 Å². The molecule has 3 heteroatoms. The summed E-state index contributed by atoms with van der Waals surface area (Å²) in [5.74, 6) is 0.623. The second-order valence-corrected chi connectivity index (χ2v) is 6.59. The quantitative estimate of drug-likeness (QED) is 0.921. The normalized spacial score (nSPS) is 16.1. The zero-order valence-corrected chi connectivity index (χ0v) is 13.4. The van der Waals surface area contributed by atoms with Crippen molar-refractivity contribution in [2.75, 3.05) is 13.1 Å². The number of rotatable bonds is 3. The van der Waals surface area contributed by atoms with Gasteiger partial charge in [-0.25, -0.2) is 0 Å². The molecule has 0 radical (unpaired) electrons. The monoisotopic (exact) mass is 282 g/mol. The molecule has 108 valence electrons. The molecule has 2 N–H and O–H groups in total. The molecule has 0 bridgehead atoms. The molecular formula is C16H27ClN2. The molecule has 0 aromatic heterocycles. The molecule has 1 aliphatic heterocycles. The molecule has 0 saturated heterocycles. The Balaban J connectivity index is 0.00000180. The number of nitrogens with two attached hydrogens (primary N) is 1. The van der Waals surface area contributed by atoms with Crippen molar-refractivity contribution >= 4 is 12.4 Å². The highest BCUT2D eigenvalue weighted by molar-refractivity contribution is 5.85. The minimum absolute atomic E-state index is 0. The van der Waals surface area contributed by atoms with E-state index in [1.165, 1.54) is 17.5 Å². The molecule has 0 fully saturated rings. The van der Waals surface area contributed by atoms with Gasteiger partial charge < -0.3 is 5.73 Å². The number of halogens is 1. The van der Waals surface area contributed by atoms with Crippen LogP contribution in [0.4, 0.5) is 0 Å². The largest absolute Gasteiger partial charge is 0.324 e. The second kappa shape index (κ2) is 6.25. The molecule has 0 aliphatic carbocycles. The average Bonchev–Trinajstić information content (AvgIpc) is 2.25. The van der Waals surface area contributed by atoms with Crippen LogP contribution >= 0.6 is 12.4 Å². The summed E-state index contributed by atoms with van der Waals surface area (Å²) < 4.78 is 0. The summed E-state index contributed by atoms with van der Waals surface area (Å²) in [6, 6.07) is 6.76. The van der Waals surface area contributed by atoms with Crippen LogP contribution in [0.25, 0.3) is 0 Å². The van der Waals surface area contributed by atoms with E-state index in [2.05, 4.69) is 50.8 Å². The summed E-state index contributed by atoms with van der Waals surface area (Å²) in [7, 11) is 0. The number of benzene rings is 1. The van der Waals surface area contributed by atoms with E-state index < -0.39 is 0 Å². The minimum Gasteiger partial charge on any atom is -0.324 e. The number of fused-ring (bicyclic) bond motifs is 1. The van der Waals surface area contributed by atoms with Crippen molar-refractivity contribution in [1.29, 1.82) is 0 Å². The maximum atomic E-state index is 6.12. The van der Waals surface area contributed by atoms with Gasteiger partial charge in [-0.1, -0.05) is 32.0 Å². The zero-order valence-electron chi connectivity index (χ0n) is 12.6. The van der Waals surface area contributed by atoms with Crippen LogP contribution in [0.5, 0.6) is 0 Å². The van der Waals surface area contributed by atoms with Gasteiger partial charge in [0, 0.05) is 25.2 Å². The maximum absolute atomic E-state index is 6.12. The van der Waals surface area contributed by atoms with Crippen molar-refractivity contribution < 1.29 is 0 Å². The highest BCUT2D eigenvalue weighted by Gasteiger charge is 2.23. The van der Waals surface area contributed by atoms with E-state index in [0.29, 0.717) is 5.92 Å². The van der Waals surface area contributed by atoms with E-state index in [1.54, 1.807) is 5.56 Å². The molecule has 1 aromatic rings. The summed E-state index contributed by atoms with van der Waals surface area (Å²) in [5.41, 5.74) is 10.6. The standard InChI is InChI=1S/C16H26N2.ClH/c1-12(2)14-7-5-6-13-10-18(9-8-15(13)14)11-16(3,4)17;/h5-7,12H,8-11,17H2,1-4H3;1H. The van der Waals surface area contributed by atoms with Crippen molar-refractivity contribution in [1.82, 2.24) is 4.90 Å². The predicted octanol–water partition coefficient (Wildman–Crippen LogP) is 3.33. The third-order valence-electron chi connectivity index (χ3n) is 3.63. The fraction of sp³-hybridized carbons (Fsp3) is 0.625. The fourth-order valence-electron chi connectivity index (χ4n) is 2.95. The molecule has 2 nitrogen and oxygen atoms in total. The van der Waals surface area contributed by atoms with Crippen molar-refractivity contribution in [2.24, 2.45) is 5.73 Å². The Labute approximate surface area is 123 Å². The van der Waals surface area contributed by atoms with Gasteiger partial charge in [0.05, 0.1) is 0 Å². The highest BCUT2D eigenvalue weighted by atomic mass is 35.5. The molecule has 0 saturated carbocycles. The third-order valence-corrected chi connectivity index (χ3v) is 3.63. The van der Waals surface area contributed by atoms with Crippen LogP contribution in [0, 0.1) is 0 Å². The fourth-order valence-corrected chi connectivity index (χ4v) is 2.95. The van der Waals surface area contributed by atoms with E-state index in [9.17, 15) is 0 Å². The Morgan fingerprint density at radius 3 is 2.58 bits per heavy atom. The summed E-state index contributed by atoms with van der Waals surface area (Å²) in [6.07, 6.45) is 1.17.